The molecule has 4 nitrogen and oxygen atoms in total. The number of rotatable bonds is 5. The molecule has 1 atom stereocenters. The topological polar surface area (TPSA) is 55.4 Å². The van der Waals surface area contributed by atoms with Gasteiger partial charge >= 0.3 is 5.97 Å². The molecule has 0 unspecified atom stereocenters. The summed E-state index contributed by atoms with van der Waals surface area (Å²) in [5.74, 6) is -0.246. The van der Waals surface area contributed by atoms with Crippen LogP contribution in [0.1, 0.15) is 29.6 Å². The van der Waals surface area contributed by atoms with Crippen LogP contribution in [0.15, 0.2) is 24.3 Å². The monoisotopic (exact) mass is 281 g/mol. The molecule has 0 bridgehead atoms. The normalized spacial score (nSPS) is 15.7. The van der Waals surface area contributed by atoms with E-state index in [0.717, 1.165) is 12.8 Å². The van der Waals surface area contributed by atoms with Gasteiger partial charge in [-0.1, -0.05) is 36.6 Å². The first-order valence-electron chi connectivity index (χ1n) is 6.25. The summed E-state index contributed by atoms with van der Waals surface area (Å²) in [4.78, 5) is 23.8. The summed E-state index contributed by atoms with van der Waals surface area (Å²) in [5, 5.41) is 3.07. The first kappa shape index (κ1) is 13.9. The highest BCUT2D eigenvalue weighted by Gasteiger charge is 2.31. The third-order valence-electron chi connectivity index (χ3n) is 3.18. The van der Waals surface area contributed by atoms with Gasteiger partial charge < -0.3 is 10.1 Å². The molecule has 1 saturated carbocycles. The van der Waals surface area contributed by atoms with Crippen molar-refractivity contribution in [3.05, 3.63) is 34.9 Å². The van der Waals surface area contributed by atoms with Crippen LogP contribution in [-0.4, -0.2) is 25.0 Å². The van der Waals surface area contributed by atoms with Crippen LogP contribution in [0.3, 0.4) is 0 Å². The number of nitrogens with one attached hydrogen (secondary N) is 1. The van der Waals surface area contributed by atoms with Crippen molar-refractivity contribution < 1.29 is 14.3 Å². The summed E-state index contributed by atoms with van der Waals surface area (Å²) in [6.07, 6.45) is 2.84. The van der Waals surface area contributed by atoms with Gasteiger partial charge in [-0.15, -0.1) is 0 Å². The van der Waals surface area contributed by atoms with E-state index in [1.54, 1.807) is 24.3 Å². The van der Waals surface area contributed by atoms with Crippen LogP contribution in [0.5, 0.6) is 0 Å². The van der Waals surface area contributed by atoms with E-state index in [0.29, 0.717) is 22.9 Å². The summed E-state index contributed by atoms with van der Waals surface area (Å²) in [5.41, 5.74) is 0.369. The maximum absolute atomic E-state index is 12.1. The Balaban J connectivity index is 2.05. The van der Waals surface area contributed by atoms with E-state index in [4.69, 9.17) is 16.3 Å². The molecular formula is C14H16ClNO3. The lowest BCUT2D eigenvalue weighted by molar-refractivity contribution is -0.143. The van der Waals surface area contributed by atoms with Gasteiger partial charge in [0.25, 0.3) is 5.91 Å². The maximum Gasteiger partial charge on any atom is 0.328 e. The van der Waals surface area contributed by atoms with Crippen LogP contribution in [0.4, 0.5) is 0 Å². The molecule has 0 spiro atoms. The highest BCUT2D eigenvalue weighted by molar-refractivity contribution is 6.33. The molecular weight excluding hydrogens is 266 g/mol. The molecule has 1 aliphatic rings. The number of amides is 1. The number of ether oxygens (including phenoxy) is 1. The molecule has 1 aromatic carbocycles. The average molecular weight is 282 g/mol. The minimum Gasteiger partial charge on any atom is -0.467 e. The standard InChI is InChI=1S/C14H16ClNO3/c1-19-14(18)12(8-9-6-7-9)16-13(17)10-4-2-3-5-11(10)15/h2-5,9,12H,6-8H2,1H3,(H,16,17)/t12-/m1/s1. The molecule has 19 heavy (non-hydrogen) atoms. The Morgan fingerprint density at radius 2 is 2.11 bits per heavy atom. The Bertz CT molecular complexity index is 485. The summed E-state index contributed by atoms with van der Waals surface area (Å²) >= 11 is 5.96. The number of halogens is 1. The van der Waals surface area contributed by atoms with Gasteiger partial charge in [0.05, 0.1) is 17.7 Å². The van der Waals surface area contributed by atoms with E-state index in [2.05, 4.69) is 5.32 Å². The van der Waals surface area contributed by atoms with Gasteiger partial charge in [0.15, 0.2) is 0 Å². The van der Waals surface area contributed by atoms with Crippen molar-refractivity contribution in [2.45, 2.75) is 25.3 Å². The van der Waals surface area contributed by atoms with E-state index >= 15 is 0 Å². The SMILES string of the molecule is COC(=O)[C@@H](CC1CC1)NC(=O)c1ccccc1Cl. The second kappa shape index (κ2) is 6.06. The number of carbonyl (C=O) groups is 2. The second-order valence-electron chi connectivity index (χ2n) is 4.71. The number of hydrogen-bond acceptors (Lipinski definition) is 3. The summed E-state index contributed by atoms with van der Waals surface area (Å²) in [6.45, 7) is 0. The first-order valence-corrected chi connectivity index (χ1v) is 6.63. The summed E-state index contributed by atoms with van der Waals surface area (Å²) in [6, 6.07) is 6.16. The molecule has 1 amide bonds. The lowest BCUT2D eigenvalue weighted by Gasteiger charge is -2.16. The maximum atomic E-state index is 12.1. The van der Waals surface area contributed by atoms with E-state index in [1.807, 2.05) is 0 Å². The molecule has 102 valence electrons. The van der Waals surface area contributed by atoms with Gasteiger partial charge in [-0.2, -0.15) is 0 Å². The van der Waals surface area contributed by atoms with Gasteiger partial charge in [0.2, 0.25) is 0 Å². The van der Waals surface area contributed by atoms with Gasteiger partial charge in [-0.3, -0.25) is 4.79 Å². The third-order valence-corrected chi connectivity index (χ3v) is 3.51. The highest BCUT2D eigenvalue weighted by atomic mass is 35.5. The lowest BCUT2D eigenvalue weighted by atomic mass is 10.1. The molecule has 0 heterocycles. The van der Waals surface area contributed by atoms with Crippen LogP contribution in [-0.2, 0) is 9.53 Å². The zero-order chi connectivity index (χ0) is 13.8. The average Bonchev–Trinajstić information content (AvgIpc) is 3.21. The quantitative estimate of drug-likeness (QED) is 0.843. The van der Waals surface area contributed by atoms with Gasteiger partial charge in [-0.25, -0.2) is 4.79 Å². The van der Waals surface area contributed by atoms with E-state index in [1.165, 1.54) is 7.11 Å². The molecule has 1 aliphatic carbocycles. The third kappa shape index (κ3) is 3.70. The molecule has 0 radical (unpaired) electrons. The fourth-order valence-electron chi connectivity index (χ4n) is 1.92. The van der Waals surface area contributed by atoms with E-state index < -0.39 is 12.0 Å². The molecule has 0 aromatic heterocycles. The lowest BCUT2D eigenvalue weighted by Crippen LogP contribution is -2.42. The number of carbonyl (C=O) groups excluding carboxylic acids is 2. The molecule has 1 N–H and O–H groups in total. The predicted molar refractivity (Wildman–Crippen MR) is 72.1 cm³/mol. The van der Waals surface area contributed by atoms with Crippen molar-refractivity contribution in [3.63, 3.8) is 0 Å². The Morgan fingerprint density at radius 3 is 2.68 bits per heavy atom. The predicted octanol–water partition coefficient (Wildman–Crippen LogP) is 2.41. The molecule has 2 rings (SSSR count). The first-order chi connectivity index (χ1) is 9.11. The zero-order valence-electron chi connectivity index (χ0n) is 10.7. The van der Waals surface area contributed by atoms with E-state index in [9.17, 15) is 9.59 Å². The number of methoxy groups -OCH3 is 1. The van der Waals surface area contributed by atoms with Gasteiger partial charge in [0.1, 0.15) is 6.04 Å². The smallest absolute Gasteiger partial charge is 0.328 e. The van der Waals surface area contributed by atoms with Gasteiger partial charge in [0, 0.05) is 0 Å². The fraction of sp³-hybridized carbons (Fsp3) is 0.429. The highest BCUT2D eigenvalue weighted by Crippen LogP contribution is 2.33. The van der Waals surface area contributed by atoms with Crippen molar-refractivity contribution >= 4 is 23.5 Å². The second-order valence-corrected chi connectivity index (χ2v) is 5.12. The summed E-state index contributed by atoms with van der Waals surface area (Å²) < 4.78 is 4.72. The number of benzene rings is 1. The number of esters is 1. The Hall–Kier alpha value is -1.55. The molecule has 1 fully saturated rings. The Kier molecular flexibility index (Phi) is 4.43. The molecule has 5 heteroatoms. The fourth-order valence-corrected chi connectivity index (χ4v) is 2.15. The minimum absolute atomic E-state index is 0.346. The van der Waals surface area contributed by atoms with Crippen molar-refractivity contribution in [1.29, 1.82) is 0 Å². The Labute approximate surface area is 117 Å². The van der Waals surface area contributed by atoms with Crippen molar-refractivity contribution in [1.82, 2.24) is 5.32 Å². The zero-order valence-corrected chi connectivity index (χ0v) is 11.4. The van der Waals surface area contributed by atoms with Crippen LogP contribution in [0, 0.1) is 5.92 Å². The molecule has 1 aromatic rings. The molecule has 0 aliphatic heterocycles. The van der Waals surface area contributed by atoms with Crippen LogP contribution < -0.4 is 5.32 Å². The Morgan fingerprint density at radius 1 is 1.42 bits per heavy atom. The van der Waals surface area contributed by atoms with Crippen molar-refractivity contribution in [3.8, 4) is 0 Å². The van der Waals surface area contributed by atoms with Gasteiger partial charge in [-0.05, 0) is 24.5 Å². The van der Waals surface area contributed by atoms with Crippen LogP contribution in [0.25, 0.3) is 0 Å². The number of hydrogen-bond donors (Lipinski definition) is 1. The largest absolute Gasteiger partial charge is 0.467 e. The van der Waals surface area contributed by atoms with Crippen LogP contribution >= 0.6 is 11.6 Å². The van der Waals surface area contributed by atoms with E-state index in [-0.39, 0.29) is 5.91 Å². The summed E-state index contributed by atoms with van der Waals surface area (Å²) in [7, 11) is 1.32. The molecule has 0 saturated heterocycles. The van der Waals surface area contributed by atoms with Crippen LogP contribution in [0.2, 0.25) is 5.02 Å². The van der Waals surface area contributed by atoms with Crippen molar-refractivity contribution in [2.75, 3.05) is 7.11 Å². The van der Waals surface area contributed by atoms with Crippen molar-refractivity contribution in [2.24, 2.45) is 5.92 Å². The minimum atomic E-state index is -0.596.